The van der Waals surface area contributed by atoms with Crippen molar-refractivity contribution in [1.29, 1.82) is 0 Å². The van der Waals surface area contributed by atoms with E-state index in [4.69, 9.17) is 5.73 Å². The molecule has 0 bridgehead atoms. The zero-order chi connectivity index (χ0) is 14.0. The first-order valence-corrected chi connectivity index (χ1v) is 6.78. The van der Waals surface area contributed by atoms with Crippen LogP contribution < -0.4 is 10.6 Å². The number of nitro groups is 1. The van der Waals surface area contributed by atoms with Crippen LogP contribution in [0.25, 0.3) is 0 Å². The molecule has 2 rings (SSSR count). The van der Waals surface area contributed by atoms with E-state index in [1.807, 2.05) is 12.1 Å². The van der Waals surface area contributed by atoms with Gasteiger partial charge in [-0.3, -0.25) is 10.1 Å². The van der Waals surface area contributed by atoms with Gasteiger partial charge in [-0.1, -0.05) is 0 Å². The Morgan fingerprint density at radius 3 is 2.79 bits per heavy atom. The molecule has 1 aliphatic rings. The van der Waals surface area contributed by atoms with Crippen LogP contribution in [0.1, 0.15) is 31.7 Å². The minimum Gasteiger partial charge on any atom is -0.365 e. The van der Waals surface area contributed by atoms with Crippen LogP contribution in [0.4, 0.5) is 11.4 Å². The molecule has 0 saturated carbocycles. The third-order valence-corrected chi connectivity index (χ3v) is 3.97. The molecule has 1 aromatic rings. The third kappa shape index (κ3) is 2.71. The second-order valence-corrected chi connectivity index (χ2v) is 5.30. The number of hydrogen-bond acceptors (Lipinski definition) is 4. The van der Waals surface area contributed by atoms with E-state index in [0.29, 0.717) is 24.2 Å². The third-order valence-electron chi connectivity index (χ3n) is 3.97. The van der Waals surface area contributed by atoms with Gasteiger partial charge in [0.15, 0.2) is 0 Å². The van der Waals surface area contributed by atoms with Gasteiger partial charge in [-0.05, 0) is 45.2 Å². The SMILES string of the molecule is Cc1cc(N2C(C)CCCC2CN)ccc1[N+](=O)[O-]. The first-order chi connectivity index (χ1) is 9.04. The Labute approximate surface area is 113 Å². The number of rotatable bonds is 3. The minimum atomic E-state index is -0.334. The summed E-state index contributed by atoms with van der Waals surface area (Å²) in [7, 11) is 0. The Hall–Kier alpha value is -1.62. The monoisotopic (exact) mass is 263 g/mol. The van der Waals surface area contributed by atoms with E-state index in [0.717, 1.165) is 18.5 Å². The highest BCUT2D eigenvalue weighted by molar-refractivity contribution is 5.56. The maximum atomic E-state index is 10.9. The number of nitro benzene ring substituents is 1. The summed E-state index contributed by atoms with van der Waals surface area (Å²) in [6, 6.07) is 6.12. The molecule has 1 saturated heterocycles. The normalized spacial score (nSPS) is 23.4. The number of benzene rings is 1. The van der Waals surface area contributed by atoms with Crippen LogP contribution >= 0.6 is 0 Å². The van der Waals surface area contributed by atoms with Crippen molar-refractivity contribution in [2.24, 2.45) is 5.73 Å². The van der Waals surface area contributed by atoms with Gasteiger partial charge in [-0.25, -0.2) is 0 Å². The number of aryl methyl sites for hydroxylation is 1. The maximum absolute atomic E-state index is 10.9. The number of nitrogens with two attached hydrogens (primary N) is 1. The Bertz CT molecular complexity index is 476. The van der Waals surface area contributed by atoms with Crippen molar-refractivity contribution in [2.75, 3.05) is 11.4 Å². The second-order valence-electron chi connectivity index (χ2n) is 5.30. The van der Waals surface area contributed by atoms with E-state index in [1.165, 1.54) is 6.42 Å². The first-order valence-electron chi connectivity index (χ1n) is 6.78. The molecule has 2 atom stereocenters. The van der Waals surface area contributed by atoms with Gasteiger partial charge in [0.1, 0.15) is 0 Å². The smallest absolute Gasteiger partial charge is 0.272 e. The van der Waals surface area contributed by atoms with E-state index >= 15 is 0 Å². The molecule has 1 aromatic carbocycles. The summed E-state index contributed by atoms with van der Waals surface area (Å²) in [5.74, 6) is 0. The molecule has 0 amide bonds. The molecule has 0 aliphatic carbocycles. The van der Waals surface area contributed by atoms with E-state index in [1.54, 1.807) is 13.0 Å². The molecule has 0 spiro atoms. The second kappa shape index (κ2) is 5.57. The molecule has 19 heavy (non-hydrogen) atoms. The number of anilines is 1. The van der Waals surface area contributed by atoms with E-state index < -0.39 is 0 Å². The molecule has 104 valence electrons. The Morgan fingerprint density at radius 2 is 2.21 bits per heavy atom. The van der Waals surface area contributed by atoms with Gasteiger partial charge in [0, 0.05) is 35.9 Å². The van der Waals surface area contributed by atoms with E-state index in [-0.39, 0.29) is 10.6 Å². The molecule has 5 heteroatoms. The highest BCUT2D eigenvalue weighted by Gasteiger charge is 2.27. The maximum Gasteiger partial charge on any atom is 0.272 e. The molecule has 5 nitrogen and oxygen atoms in total. The molecule has 1 aliphatic heterocycles. The fourth-order valence-electron chi connectivity index (χ4n) is 2.99. The lowest BCUT2D eigenvalue weighted by Crippen LogP contribution is -2.49. The minimum absolute atomic E-state index is 0.178. The molecule has 2 N–H and O–H groups in total. The van der Waals surface area contributed by atoms with Crippen LogP contribution in [0.3, 0.4) is 0 Å². The van der Waals surface area contributed by atoms with Crippen molar-refractivity contribution in [1.82, 2.24) is 0 Å². The number of nitrogens with zero attached hydrogens (tertiary/aromatic N) is 2. The lowest BCUT2D eigenvalue weighted by atomic mass is 9.95. The van der Waals surface area contributed by atoms with Gasteiger partial charge >= 0.3 is 0 Å². The highest BCUT2D eigenvalue weighted by atomic mass is 16.6. The average Bonchev–Trinajstić information content (AvgIpc) is 2.37. The van der Waals surface area contributed by atoms with Gasteiger partial charge in [0.05, 0.1) is 4.92 Å². The quantitative estimate of drug-likeness (QED) is 0.672. The fraction of sp³-hybridized carbons (Fsp3) is 0.571. The van der Waals surface area contributed by atoms with E-state index in [2.05, 4.69) is 11.8 Å². The van der Waals surface area contributed by atoms with Crippen LogP contribution in [0.5, 0.6) is 0 Å². The largest absolute Gasteiger partial charge is 0.365 e. The van der Waals surface area contributed by atoms with Gasteiger partial charge in [-0.2, -0.15) is 0 Å². The van der Waals surface area contributed by atoms with Crippen molar-refractivity contribution in [3.8, 4) is 0 Å². The van der Waals surface area contributed by atoms with Crippen molar-refractivity contribution >= 4 is 11.4 Å². The first kappa shape index (κ1) is 13.8. The Kier molecular flexibility index (Phi) is 4.04. The summed E-state index contributed by atoms with van der Waals surface area (Å²) < 4.78 is 0. The summed E-state index contributed by atoms with van der Waals surface area (Å²) in [5, 5.41) is 10.9. The summed E-state index contributed by atoms with van der Waals surface area (Å²) >= 11 is 0. The number of piperidine rings is 1. The predicted molar refractivity (Wildman–Crippen MR) is 76.5 cm³/mol. The zero-order valence-electron chi connectivity index (χ0n) is 11.5. The lowest BCUT2D eigenvalue weighted by Gasteiger charge is -2.42. The fourth-order valence-corrected chi connectivity index (χ4v) is 2.99. The van der Waals surface area contributed by atoms with Crippen molar-refractivity contribution < 1.29 is 4.92 Å². The molecular formula is C14H21N3O2. The molecule has 1 heterocycles. The lowest BCUT2D eigenvalue weighted by molar-refractivity contribution is -0.385. The number of hydrogen-bond donors (Lipinski definition) is 1. The molecule has 2 unspecified atom stereocenters. The highest BCUT2D eigenvalue weighted by Crippen LogP contribution is 2.31. The zero-order valence-corrected chi connectivity index (χ0v) is 11.5. The van der Waals surface area contributed by atoms with Crippen LogP contribution in [-0.4, -0.2) is 23.6 Å². The molecule has 0 radical (unpaired) electrons. The summed E-state index contributed by atoms with van der Waals surface area (Å²) in [6.07, 6.45) is 3.44. The summed E-state index contributed by atoms with van der Waals surface area (Å²) in [4.78, 5) is 12.9. The predicted octanol–water partition coefficient (Wildman–Crippen LogP) is 2.61. The standard InChI is InChI=1S/C14H21N3O2/c1-10-8-12(6-7-14(10)17(18)19)16-11(2)4-3-5-13(16)9-15/h6-8,11,13H,3-5,9,15H2,1-2H3. The van der Waals surface area contributed by atoms with Crippen LogP contribution in [0.2, 0.25) is 0 Å². The molecular weight excluding hydrogens is 242 g/mol. The Morgan fingerprint density at radius 1 is 1.47 bits per heavy atom. The summed E-state index contributed by atoms with van der Waals surface area (Å²) in [6.45, 7) is 4.60. The van der Waals surface area contributed by atoms with Crippen molar-refractivity contribution in [3.63, 3.8) is 0 Å². The van der Waals surface area contributed by atoms with Gasteiger partial charge in [-0.15, -0.1) is 0 Å². The van der Waals surface area contributed by atoms with Crippen LogP contribution in [0.15, 0.2) is 18.2 Å². The molecule has 1 fully saturated rings. The average molecular weight is 263 g/mol. The van der Waals surface area contributed by atoms with Crippen molar-refractivity contribution in [3.05, 3.63) is 33.9 Å². The van der Waals surface area contributed by atoms with Gasteiger partial charge in [0.25, 0.3) is 5.69 Å². The van der Waals surface area contributed by atoms with E-state index in [9.17, 15) is 10.1 Å². The Balaban J connectivity index is 2.34. The van der Waals surface area contributed by atoms with Crippen molar-refractivity contribution in [2.45, 2.75) is 45.2 Å². The van der Waals surface area contributed by atoms with Gasteiger partial charge in [0.2, 0.25) is 0 Å². The van der Waals surface area contributed by atoms with Gasteiger partial charge < -0.3 is 10.6 Å². The summed E-state index contributed by atoms with van der Waals surface area (Å²) in [5.41, 5.74) is 7.79. The van der Waals surface area contributed by atoms with Crippen LogP contribution in [-0.2, 0) is 0 Å². The molecule has 0 aromatic heterocycles. The van der Waals surface area contributed by atoms with Crippen LogP contribution in [0, 0.1) is 17.0 Å². The topological polar surface area (TPSA) is 72.4 Å².